The molecule has 1 fully saturated rings. The van der Waals surface area contributed by atoms with Crippen LogP contribution < -0.4 is 5.32 Å². The van der Waals surface area contributed by atoms with Crippen molar-refractivity contribution >= 4 is 0 Å². The van der Waals surface area contributed by atoms with Crippen LogP contribution in [-0.2, 0) is 0 Å². The minimum absolute atomic E-state index is 0.843. The number of unbranched alkanes of at least 4 members (excludes halogenated alkanes) is 3. The Labute approximate surface area is 109 Å². The molecule has 0 amide bonds. The molecule has 0 aliphatic heterocycles. The molecule has 1 aliphatic rings. The number of hydrogen-bond acceptors (Lipinski definition) is 1. The monoisotopic (exact) mass is 239 g/mol. The van der Waals surface area contributed by atoms with E-state index in [2.05, 4.69) is 26.1 Å². The van der Waals surface area contributed by atoms with Crippen molar-refractivity contribution in [3.8, 4) is 0 Å². The highest BCUT2D eigenvalue weighted by Crippen LogP contribution is 2.27. The number of hydrogen-bond donors (Lipinski definition) is 1. The molecule has 0 spiro atoms. The summed E-state index contributed by atoms with van der Waals surface area (Å²) >= 11 is 0. The first kappa shape index (κ1) is 15.0. The van der Waals surface area contributed by atoms with Crippen molar-refractivity contribution in [2.75, 3.05) is 6.54 Å². The van der Waals surface area contributed by atoms with E-state index in [1.54, 1.807) is 0 Å². The van der Waals surface area contributed by atoms with Crippen molar-refractivity contribution in [1.29, 1.82) is 0 Å². The average Bonchev–Trinajstić information content (AvgIpc) is 2.75. The molecule has 1 N–H and O–H groups in total. The zero-order valence-electron chi connectivity index (χ0n) is 12.3. The molecule has 0 aromatic carbocycles. The second-order valence-corrected chi connectivity index (χ2v) is 6.34. The van der Waals surface area contributed by atoms with E-state index in [1.807, 2.05) is 0 Å². The zero-order valence-corrected chi connectivity index (χ0v) is 12.3. The van der Waals surface area contributed by atoms with Crippen LogP contribution in [0.3, 0.4) is 0 Å². The van der Waals surface area contributed by atoms with Crippen molar-refractivity contribution in [1.82, 2.24) is 5.32 Å². The summed E-state index contributed by atoms with van der Waals surface area (Å²) in [6.45, 7) is 8.24. The highest BCUT2D eigenvalue weighted by atomic mass is 14.9. The van der Waals surface area contributed by atoms with E-state index in [4.69, 9.17) is 0 Å². The Hall–Kier alpha value is -0.0400. The summed E-state index contributed by atoms with van der Waals surface area (Å²) in [4.78, 5) is 0. The molecule has 2 unspecified atom stereocenters. The molecule has 0 saturated heterocycles. The smallest absolute Gasteiger partial charge is 0.00698 e. The SMILES string of the molecule is CCC1CCC(NCCCCCCC(C)C)C1. The predicted molar refractivity (Wildman–Crippen MR) is 77.3 cm³/mol. The lowest BCUT2D eigenvalue weighted by Gasteiger charge is -2.12. The van der Waals surface area contributed by atoms with Crippen LogP contribution in [0.4, 0.5) is 0 Å². The van der Waals surface area contributed by atoms with Crippen LogP contribution in [0.5, 0.6) is 0 Å². The highest BCUT2D eigenvalue weighted by molar-refractivity contribution is 4.79. The van der Waals surface area contributed by atoms with Gasteiger partial charge in [0.05, 0.1) is 0 Å². The third-order valence-corrected chi connectivity index (χ3v) is 4.26. The van der Waals surface area contributed by atoms with Crippen LogP contribution >= 0.6 is 0 Å². The second kappa shape index (κ2) is 8.97. The number of rotatable bonds is 9. The maximum absolute atomic E-state index is 3.75. The van der Waals surface area contributed by atoms with Crippen LogP contribution in [-0.4, -0.2) is 12.6 Å². The first-order valence-corrected chi connectivity index (χ1v) is 7.95. The Kier molecular flexibility index (Phi) is 7.92. The lowest BCUT2D eigenvalue weighted by atomic mass is 10.0. The summed E-state index contributed by atoms with van der Waals surface area (Å²) in [5.74, 6) is 1.90. The summed E-state index contributed by atoms with van der Waals surface area (Å²) in [6, 6.07) is 0.843. The van der Waals surface area contributed by atoms with Gasteiger partial charge in [-0.15, -0.1) is 0 Å². The van der Waals surface area contributed by atoms with Crippen molar-refractivity contribution in [3.05, 3.63) is 0 Å². The van der Waals surface area contributed by atoms with E-state index < -0.39 is 0 Å². The van der Waals surface area contributed by atoms with Gasteiger partial charge in [-0.1, -0.05) is 52.9 Å². The fraction of sp³-hybridized carbons (Fsp3) is 1.00. The first-order valence-electron chi connectivity index (χ1n) is 7.95. The summed E-state index contributed by atoms with van der Waals surface area (Å²) in [5.41, 5.74) is 0. The summed E-state index contributed by atoms with van der Waals surface area (Å²) in [6.07, 6.45) is 12.8. The van der Waals surface area contributed by atoms with Crippen molar-refractivity contribution in [2.45, 2.75) is 84.6 Å². The maximum Gasteiger partial charge on any atom is 0.00698 e. The molecular weight excluding hydrogens is 206 g/mol. The topological polar surface area (TPSA) is 12.0 Å². The van der Waals surface area contributed by atoms with E-state index in [1.165, 1.54) is 64.3 Å². The fourth-order valence-corrected chi connectivity index (χ4v) is 2.97. The fourth-order valence-electron chi connectivity index (χ4n) is 2.97. The van der Waals surface area contributed by atoms with E-state index >= 15 is 0 Å². The van der Waals surface area contributed by atoms with Gasteiger partial charge in [0.25, 0.3) is 0 Å². The van der Waals surface area contributed by atoms with Crippen LogP contribution in [0.15, 0.2) is 0 Å². The summed E-state index contributed by atoms with van der Waals surface area (Å²) in [5, 5.41) is 3.75. The molecular formula is C16H33N. The minimum atomic E-state index is 0.843. The summed E-state index contributed by atoms with van der Waals surface area (Å²) in [7, 11) is 0. The molecule has 1 nitrogen and oxygen atoms in total. The molecule has 2 atom stereocenters. The van der Waals surface area contributed by atoms with Gasteiger partial charge in [0.15, 0.2) is 0 Å². The molecule has 17 heavy (non-hydrogen) atoms. The van der Waals surface area contributed by atoms with Crippen LogP contribution in [0.25, 0.3) is 0 Å². The molecule has 0 bridgehead atoms. The lowest BCUT2D eigenvalue weighted by Crippen LogP contribution is -2.27. The molecule has 1 rings (SSSR count). The predicted octanol–water partition coefficient (Wildman–Crippen LogP) is 4.76. The van der Waals surface area contributed by atoms with Crippen molar-refractivity contribution in [2.24, 2.45) is 11.8 Å². The van der Waals surface area contributed by atoms with Gasteiger partial charge < -0.3 is 5.32 Å². The standard InChI is InChI=1S/C16H33N/c1-4-15-10-11-16(13-15)17-12-8-6-5-7-9-14(2)3/h14-17H,4-13H2,1-3H3. The minimum Gasteiger partial charge on any atom is -0.314 e. The normalized spacial score (nSPS) is 24.7. The van der Waals surface area contributed by atoms with Crippen molar-refractivity contribution in [3.63, 3.8) is 0 Å². The summed E-state index contributed by atoms with van der Waals surface area (Å²) < 4.78 is 0. The van der Waals surface area contributed by atoms with Gasteiger partial charge in [0, 0.05) is 6.04 Å². The molecule has 1 aliphatic carbocycles. The van der Waals surface area contributed by atoms with Gasteiger partial charge >= 0.3 is 0 Å². The lowest BCUT2D eigenvalue weighted by molar-refractivity contribution is 0.461. The molecule has 102 valence electrons. The largest absolute Gasteiger partial charge is 0.314 e. The second-order valence-electron chi connectivity index (χ2n) is 6.34. The Bertz CT molecular complexity index is 176. The molecule has 0 aromatic heterocycles. The molecule has 1 heteroatoms. The van der Waals surface area contributed by atoms with Crippen LogP contribution in [0.1, 0.15) is 78.6 Å². The Balaban J connectivity index is 1.85. The average molecular weight is 239 g/mol. The Morgan fingerprint density at radius 1 is 1.06 bits per heavy atom. The maximum atomic E-state index is 3.75. The van der Waals surface area contributed by atoms with E-state index in [0.717, 1.165) is 17.9 Å². The van der Waals surface area contributed by atoms with Gasteiger partial charge in [-0.05, 0) is 44.1 Å². The molecule has 0 heterocycles. The third kappa shape index (κ3) is 7.08. The first-order chi connectivity index (χ1) is 8.22. The van der Waals surface area contributed by atoms with Gasteiger partial charge in [0.1, 0.15) is 0 Å². The van der Waals surface area contributed by atoms with E-state index in [-0.39, 0.29) is 0 Å². The van der Waals surface area contributed by atoms with E-state index in [0.29, 0.717) is 0 Å². The van der Waals surface area contributed by atoms with E-state index in [9.17, 15) is 0 Å². The molecule has 0 aromatic rings. The molecule has 1 saturated carbocycles. The third-order valence-electron chi connectivity index (χ3n) is 4.26. The van der Waals surface area contributed by atoms with Crippen LogP contribution in [0, 0.1) is 11.8 Å². The van der Waals surface area contributed by atoms with Gasteiger partial charge in [-0.3, -0.25) is 0 Å². The van der Waals surface area contributed by atoms with Crippen LogP contribution in [0.2, 0.25) is 0 Å². The Morgan fingerprint density at radius 2 is 1.82 bits per heavy atom. The van der Waals surface area contributed by atoms with Gasteiger partial charge in [-0.25, -0.2) is 0 Å². The van der Waals surface area contributed by atoms with Gasteiger partial charge in [0.2, 0.25) is 0 Å². The zero-order chi connectivity index (χ0) is 12.5. The van der Waals surface area contributed by atoms with Crippen molar-refractivity contribution < 1.29 is 0 Å². The Morgan fingerprint density at radius 3 is 2.47 bits per heavy atom. The van der Waals surface area contributed by atoms with Gasteiger partial charge in [-0.2, -0.15) is 0 Å². The number of nitrogens with one attached hydrogen (secondary N) is 1. The highest BCUT2D eigenvalue weighted by Gasteiger charge is 2.22. The quantitative estimate of drug-likeness (QED) is 0.572. The molecule has 0 radical (unpaired) electrons.